The normalized spacial score (nSPS) is 15.6. The molecule has 1 heterocycles. The van der Waals surface area contributed by atoms with Gasteiger partial charge in [-0.2, -0.15) is 0 Å². The van der Waals surface area contributed by atoms with Gasteiger partial charge >= 0.3 is 0 Å². The average molecular weight is 290 g/mol. The molecule has 0 bridgehead atoms. The van der Waals surface area contributed by atoms with E-state index in [0.29, 0.717) is 24.1 Å². The summed E-state index contributed by atoms with van der Waals surface area (Å²) in [6.07, 6.45) is 0. The molecule has 1 aliphatic rings. The first-order valence-electron chi connectivity index (χ1n) is 7.37. The summed E-state index contributed by atoms with van der Waals surface area (Å²) in [4.78, 5) is 13.6. The molecule has 1 aliphatic heterocycles. The van der Waals surface area contributed by atoms with E-state index < -0.39 is 0 Å². The quantitative estimate of drug-likeness (QED) is 0.921. The van der Waals surface area contributed by atoms with E-state index in [1.807, 2.05) is 49.4 Å². The largest absolute Gasteiger partial charge is 0.337 e. The van der Waals surface area contributed by atoms with Crippen LogP contribution in [0.2, 0.25) is 0 Å². The van der Waals surface area contributed by atoms with Gasteiger partial charge in [0.1, 0.15) is 0 Å². The Morgan fingerprint density at radius 1 is 0.955 bits per heavy atom. The van der Waals surface area contributed by atoms with E-state index in [4.69, 9.17) is 0 Å². The van der Waals surface area contributed by atoms with E-state index in [1.54, 1.807) is 0 Å². The molecule has 1 N–H and O–H groups in total. The minimum Gasteiger partial charge on any atom is -0.337 e. The van der Waals surface area contributed by atoms with Gasteiger partial charge in [-0.15, -0.1) is 0 Å². The molecule has 22 heavy (non-hydrogen) atoms. The lowest BCUT2D eigenvalue weighted by atomic mass is 10.2. The topological polar surface area (TPSA) is 49.1 Å². The highest BCUT2D eigenvalue weighted by molar-refractivity contribution is 6.51. The minimum atomic E-state index is 0.655. The maximum absolute atomic E-state index is 4.60. The highest BCUT2D eigenvalue weighted by Gasteiger charge is 2.19. The number of nitrogens with zero attached hydrogens (tertiary/aromatic N) is 3. The summed E-state index contributed by atoms with van der Waals surface area (Å²) in [6.45, 7) is 4.74. The van der Waals surface area contributed by atoms with Crippen molar-refractivity contribution in [3.63, 3.8) is 0 Å². The number of aryl methyl sites for hydroxylation is 1. The first-order chi connectivity index (χ1) is 10.8. The van der Waals surface area contributed by atoms with Crippen molar-refractivity contribution in [2.75, 3.05) is 11.9 Å². The van der Waals surface area contributed by atoms with Gasteiger partial charge in [-0.1, -0.05) is 48.0 Å². The zero-order valence-electron chi connectivity index (χ0n) is 12.7. The first-order valence-corrected chi connectivity index (χ1v) is 7.37. The molecule has 0 radical (unpaired) electrons. The van der Waals surface area contributed by atoms with Crippen LogP contribution in [0.5, 0.6) is 0 Å². The number of nitrogens with one attached hydrogen (secondary N) is 1. The van der Waals surface area contributed by atoms with E-state index in [9.17, 15) is 0 Å². The van der Waals surface area contributed by atoms with Crippen LogP contribution < -0.4 is 5.32 Å². The number of benzene rings is 2. The lowest BCUT2D eigenvalue weighted by molar-refractivity contribution is 1.13. The third kappa shape index (κ3) is 3.11. The Kier molecular flexibility index (Phi) is 4.10. The molecule has 0 saturated heterocycles. The molecule has 2 aromatic rings. The van der Waals surface area contributed by atoms with E-state index in [2.05, 4.69) is 39.4 Å². The van der Waals surface area contributed by atoms with Gasteiger partial charge in [-0.05, 0) is 26.0 Å². The van der Waals surface area contributed by atoms with Crippen LogP contribution >= 0.6 is 0 Å². The summed E-state index contributed by atoms with van der Waals surface area (Å²) in [7, 11) is 0. The van der Waals surface area contributed by atoms with Gasteiger partial charge < -0.3 is 5.32 Å². The van der Waals surface area contributed by atoms with Crippen molar-refractivity contribution in [2.24, 2.45) is 15.0 Å². The second kappa shape index (κ2) is 6.35. The summed E-state index contributed by atoms with van der Waals surface area (Å²) < 4.78 is 0. The number of amidine groups is 3. The second-order valence-corrected chi connectivity index (χ2v) is 5.05. The van der Waals surface area contributed by atoms with Gasteiger partial charge in [0.25, 0.3) is 0 Å². The van der Waals surface area contributed by atoms with Crippen molar-refractivity contribution in [3.8, 4) is 0 Å². The molecule has 0 spiro atoms. The number of aliphatic imine (C=N–C) groups is 3. The van der Waals surface area contributed by atoms with Crippen molar-refractivity contribution in [1.82, 2.24) is 0 Å². The van der Waals surface area contributed by atoms with Crippen LogP contribution in [0.25, 0.3) is 0 Å². The van der Waals surface area contributed by atoms with E-state index in [-0.39, 0.29) is 0 Å². The van der Waals surface area contributed by atoms with Crippen LogP contribution in [0.1, 0.15) is 18.1 Å². The van der Waals surface area contributed by atoms with E-state index >= 15 is 0 Å². The van der Waals surface area contributed by atoms with E-state index in [1.165, 1.54) is 5.56 Å². The van der Waals surface area contributed by atoms with Crippen LogP contribution in [0.4, 0.5) is 5.69 Å². The third-order valence-corrected chi connectivity index (χ3v) is 3.30. The molecule has 0 aliphatic carbocycles. The molecule has 0 saturated carbocycles. The fourth-order valence-corrected chi connectivity index (χ4v) is 2.17. The lowest BCUT2D eigenvalue weighted by Gasteiger charge is -2.06. The highest BCUT2D eigenvalue weighted by atomic mass is 15.2. The standard InChI is InChI=1S/C18H18N4/c1-3-19-17-18(20-15-11-9-13(2)10-12-15)22-16(21-17)14-7-5-4-6-8-14/h4-12H,3H2,1-2H3,(H,19,20,21,22). The second-order valence-electron chi connectivity index (χ2n) is 5.05. The fraction of sp³-hybridized carbons (Fsp3) is 0.167. The Labute approximate surface area is 130 Å². The van der Waals surface area contributed by atoms with Crippen molar-refractivity contribution >= 4 is 23.2 Å². The summed E-state index contributed by atoms with van der Waals surface area (Å²) in [5, 5.41) is 3.31. The van der Waals surface area contributed by atoms with Gasteiger partial charge in [-0.25, -0.2) is 9.98 Å². The van der Waals surface area contributed by atoms with Gasteiger partial charge in [0.2, 0.25) is 0 Å². The Hall–Kier alpha value is -2.75. The SMILES string of the molecule is CCN=C1N=C(c2ccccc2)N=C1Nc1ccc(C)cc1. The van der Waals surface area contributed by atoms with Crippen LogP contribution in [0.3, 0.4) is 0 Å². The molecule has 0 atom stereocenters. The Balaban J connectivity index is 1.89. The molecule has 0 fully saturated rings. The summed E-state index contributed by atoms with van der Waals surface area (Å²) in [6, 6.07) is 18.1. The van der Waals surface area contributed by atoms with Crippen LogP contribution in [0.15, 0.2) is 69.6 Å². The highest BCUT2D eigenvalue weighted by Crippen LogP contribution is 2.14. The summed E-state index contributed by atoms with van der Waals surface area (Å²) in [5.41, 5.74) is 3.20. The Morgan fingerprint density at radius 3 is 2.36 bits per heavy atom. The number of hydrogen-bond donors (Lipinski definition) is 1. The van der Waals surface area contributed by atoms with Crippen molar-refractivity contribution in [3.05, 3.63) is 65.7 Å². The Bertz CT molecular complexity index is 740. The fourth-order valence-electron chi connectivity index (χ4n) is 2.17. The molecule has 4 heteroatoms. The van der Waals surface area contributed by atoms with Crippen molar-refractivity contribution in [1.29, 1.82) is 0 Å². The molecule has 2 aromatic carbocycles. The Morgan fingerprint density at radius 2 is 1.68 bits per heavy atom. The van der Waals surface area contributed by atoms with Crippen LogP contribution in [-0.4, -0.2) is 24.1 Å². The molecule has 3 rings (SSSR count). The maximum atomic E-state index is 4.60. The average Bonchev–Trinajstić information content (AvgIpc) is 2.94. The van der Waals surface area contributed by atoms with Gasteiger partial charge in [0, 0.05) is 17.8 Å². The molecule has 110 valence electrons. The molecule has 0 aromatic heterocycles. The number of anilines is 1. The summed E-state index contributed by atoms with van der Waals surface area (Å²) >= 11 is 0. The third-order valence-electron chi connectivity index (χ3n) is 3.30. The molecule has 4 nitrogen and oxygen atoms in total. The van der Waals surface area contributed by atoms with Crippen molar-refractivity contribution < 1.29 is 0 Å². The zero-order chi connectivity index (χ0) is 15.4. The van der Waals surface area contributed by atoms with Crippen LogP contribution in [0, 0.1) is 6.92 Å². The zero-order valence-corrected chi connectivity index (χ0v) is 12.7. The van der Waals surface area contributed by atoms with Gasteiger partial charge in [0.15, 0.2) is 17.5 Å². The smallest absolute Gasteiger partial charge is 0.193 e. The summed E-state index contributed by atoms with van der Waals surface area (Å²) in [5.74, 6) is 2.05. The maximum Gasteiger partial charge on any atom is 0.193 e. The molecular weight excluding hydrogens is 272 g/mol. The number of rotatable bonds is 3. The minimum absolute atomic E-state index is 0.655. The van der Waals surface area contributed by atoms with Crippen LogP contribution in [-0.2, 0) is 0 Å². The monoisotopic (exact) mass is 290 g/mol. The molecule has 0 unspecified atom stereocenters. The van der Waals surface area contributed by atoms with Crippen molar-refractivity contribution in [2.45, 2.75) is 13.8 Å². The molecular formula is C18H18N4. The van der Waals surface area contributed by atoms with Gasteiger partial charge in [0.05, 0.1) is 0 Å². The predicted molar refractivity (Wildman–Crippen MR) is 93.2 cm³/mol. The van der Waals surface area contributed by atoms with E-state index in [0.717, 1.165) is 11.3 Å². The predicted octanol–water partition coefficient (Wildman–Crippen LogP) is 3.68. The molecule has 0 amide bonds. The first kappa shape index (κ1) is 14.2. The lowest BCUT2D eigenvalue weighted by Crippen LogP contribution is -2.19. The van der Waals surface area contributed by atoms with Gasteiger partial charge in [-0.3, -0.25) is 4.99 Å². The number of hydrogen-bond acceptors (Lipinski definition) is 3.